The number of aliphatic hydroxyl groups is 2. The van der Waals surface area contributed by atoms with Crippen LogP contribution in [0.4, 0.5) is 0 Å². The third-order valence-corrected chi connectivity index (χ3v) is 6.48. The molecule has 0 amide bonds. The summed E-state index contributed by atoms with van der Waals surface area (Å²) in [5.74, 6) is -1.22. The van der Waals surface area contributed by atoms with Crippen molar-refractivity contribution in [2.75, 3.05) is 0 Å². The minimum absolute atomic E-state index is 0.0330. The number of allylic oxidation sites excluding steroid dienone is 1. The van der Waals surface area contributed by atoms with E-state index < -0.39 is 47.6 Å². The average Bonchev–Trinajstić information content (AvgIpc) is 3.22. The molecule has 31 heavy (non-hydrogen) atoms. The van der Waals surface area contributed by atoms with E-state index in [1.807, 2.05) is 0 Å². The van der Waals surface area contributed by atoms with Crippen molar-refractivity contribution in [3.05, 3.63) is 35.3 Å². The van der Waals surface area contributed by atoms with Crippen molar-refractivity contribution in [1.29, 1.82) is 0 Å². The highest BCUT2D eigenvalue weighted by atomic mass is 16.7. The quantitative estimate of drug-likeness (QED) is 0.313. The molecule has 2 saturated heterocycles. The number of rotatable bonds is 3. The SMILES string of the molecule is C=C(C)[C@H]1Cc2oc(cc2C=O)[C@H](O)[C@](C)(O)C[C@@H]2OC(=O)[C@@]3(O[C@@H]23)[C@H](OC(C)=O)C1. The van der Waals surface area contributed by atoms with Crippen LogP contribution in [0.25, 0.3) is 0 Å². The molecule has 0 saturated carbocycles. The van der Waals surface area contributed by atoms with Crippen LogP contribution in [0.2, 0.25) is 0 Å². The van der Waals surface area contributed by atoms with Gasteiger partial charge in [-0.05, 0) is 32.3 Å². The van der Waals surface area contributed by atoms with E-state index in [4.69, 9.17) is 18.6 Å². The number of furan rings is 1. The molecular weight excluding hydrogens is 408 g/mol. The summed E-state index contributed by atoms with van der Waals surface area (Å²) in [5.41, 5.74) is -2.24. The molecule has 0 spiro atoms. The number of epoxide rings is 1. The van der Waals surface area contributed by atoms with Gasteiger partial charge in [0.1, 0.15) is 35.9 Å². The van der Waals surface area contributed by atoms with E-state index in [2.05, 4.69) is 6.58 Å². The summed E-state index contributed by atoms with van der Waals surface area (Å²) in [5, 5.41) is 21.7. The van der Waals surface area contributed by atoms with Gasteiger partial charge in [-0.3, -0.25) is 9.59 Å². The van der Waals surface area contributed by atoms with E-state index in [0.717, 1.165) is 5.57 Å². The third kappa shape index (κ3) is 3.50. The Morgan fingerprint density at radius 3 is 2.68 bits per heavy atom. The van der Waals surface area contributed by atoms with Crippen LogP contribution in [0.3, 0.4) is 0 Å². The van der Waals surface area contributed by atoms with Gasteiger partial charge in [-0.1, -0.05) is 12.2 Å². The van der Waals surface area contributed by atoms with Crippen LogP contribution in [0.1, 0.15) is 61.6 Å². The van der Waals surface area contributed by atoms with E-state index in [9.17, 15) is 24.6 Å². The molecule has 3 aliphatic rings. The summed E-state index contributed by atoms with van der Waals surface area (Å²) >= 11 is 0. The molecule has 9 heteroatoms. The summed E-state index contributed by atoms with van der Waals surface area (Å²) in [4.78, 5) is 36.2. The highest BCUT2D eigenvalue weighted by Crippen LogP contribution is 2.54. The predicted molar refractivity (Wildman–Crippen MR) is 104 cm³/mol. The Kier molecular flexibility index (Phi) is 5.11. The van der Waals surface area contributed by atoms with Gasteiger partial charge >= 0.3 is 11.9 Å². The minimum Gasteiger partial charge on any atom is -0.462 e. The first-order valence-corrected chi connectivity index (χ1v) is 10.2. The normalized spacial score (nSPS) is 39.3. The van der Waals surface area contributed by atoms with E-state index in [1.54, 1.807) is 6.92 Å². The first-order chi connectivity index (χ1) is 14.5. The number of aldehydes is 1. The summed E-state index contributed by atoms with van der Waals surface area (Å²) in [7, 11) is 0. The standard InChI is InChI=1S/C22H26O9/c1-10(2)12-5-14-13(9-23)6-15(29-14)18(25)21(4,27)8-16-19-22(31-19,20(26)30-16)17(7-12)28-11(3)24/h6,9,12,16-19,25,27H,1,5,7-8H2,2-4H3/t12-,16-,17+,18-,19-,21+,22+/m0/s1. The highest BCUT2D eigenvalue weighted by Gasteiger charge is 2.78. The van der Waals surface area contributed by atoms with Crippen LogP contribution in [0.5, 0.6) is 0 Å². The molecule has 2 fully saturated rings. The molecule has 1 aromatic heterocycles. The van der Waals surface area contributed by atoms with Gasteiger partial charge in [-0.15, -0.1) is 0 Å². The molecule has 3 aliphatic heterocycles. The highest BCUT2D eigenvalue weighted by molar-refractivity contribution is 5.88. The molecule has 0 unspecified atom stereocenters. The number of fused-ring (bicyclic) bond motifs is 2. The first-order valence-electron chi connectivity index (χ1n) is 10.2. The fourth-order valence-electron chi connectivity index (χ4n) is 4.66. The molecule has 7 atom stereocenters. The zero-order valence-electron chi connectivity index (χ0n) is 17.6. The smallest absolute Gasteiger partial charge is 0.345 e. The van der Waals surface area contributed by atoms with E-state index >= 15 is 0 Å². The zero-order chi connectivity index (χ0) is 22.7. The fraction of sp³-hybridized carbons (Fsp3) is 0.591. The maximum absolute atomic E-state index is 12.8. The number of hydrogen-bond donors (Lipinski definition) is 2. The molecule has 9 nitrogen and oxygen atoms in total. The van der Waals surface area contributed by atoms with E-state index in [1.165, 1.54) is 19.9 Å². The summed E-state index contributed by atoms with van der Waals surface area (Å²) < 4.78 is 22.5. The molecule has 2 N–H and O–H groups in total. The van der Waals surface area contributed by atoms with E-state index in [-0.39, 0.29) is 36.5 Å². The zero-order valence-corrected chi connectivity index (χ0v) is 17.6. The molecular formula is C22H26O9. The lowest BCUT2D eigenvalue weighted by molar-refractivity contribution is -0.169. The lowest BCUT2D eigenvalue weighted by Crippen LogP contribution is -2.42. The van der Waals surface area contributed by atoms with Crippen molar-refractivity contribution < 1.29 is 43.2 Å². The van der Waals surface area contributed by atoms with Gasteiger partial charge < -0.3 is 28.8 Å². The number of esters is 2. The maximum Gasteiger partial charge on any atom is 0.345 e. The lowest BCUT2D eigenvalue weighted by atomic mass is 9.83. The van der Waals surface area contributed by atoms with Crippen LogP contribution in [-0.2, 0) is 30.2 Å². The molecule has 4 heterocycles. The molecule has 4 rings (SSSR count). The Bertz CT molecular complexity index is 945. The Hall–Kier alpha value is -2.49. The van der Waals surface area contributed by atoms with Crippen molar-refractivity contribution in [2.24, 2.45) is 5.92 Å². The molecule has 168 valence electrons. The number of carbonyl (C=O) groups is 3. The largest absolute Gasteiger partial charge is 0.462 e. The second kappa shape index (κ2) is 7.29. The first kappa shape index (κ1) is 21.7. The number of hydrogen-bond acceptors (Lipinski definition) is 9. The molecule has 4 bridgehead atoms. The van der Waals surface area contributed by atoms with Crippen molar-refractivity contribution in [2.45, 2.75) is 75.7 Å². The van der Waals surface area contributed by atoms with Gasteiger partial charge in [0.25, 0.3) is 0 Å². The van der Waals surface area contributed by atoms with Crippen molar-refractivity contribution in [3.63, 3.8) is 0 Å². The number of carbonyl (C=O) groups excluding carboxylic acids is 3. The Morgan fingerprint density at radius 2 is 2.10 bits per heavy atom. The third-order valence-electron chi connectivity index (χ3n) is 6.48. The second-order valence-electron chi connectivity index (χ2n) is 8.97. The van der Waals surface area contributed by atoms with Gasteiger partial charge in [-0.25, -0.2) is 4.79 Å². The van der Waals surface area contributed by atoms with Crippen molar-refractivity contribution >= 4 is 18.2 Å². The average molecular weight is 434 g/mol. The molecule has 0 radical (unpaired) electrons. The summed E-state index contributed by atoms with van der Waals surface area (Å²) in [6.45, 7) is 8.41. The van der Waals surface area contributed by atoms with Crippen molar-refractivity contribution in [3.8, 4) is 0 Å². The number of aliphatic hydroxyl groups excluding tert-OH is 1. The Morgan fingerprint density at radius 1 is 1.39 bits per heavy atom. The summed E-state index contributed by atoms with van der Waals surface area (Å²) in [6, 6.07) is 1.39. The van der Waals surface area contributed by atoms with Gasteiger partial charge in [-0.2, -0.15) is 0 Å². The van der Waals surface area contributed by atoms with Gasteiger partial charge in [0.2, 0.25) is 5.60 Å². The summed E-state index contributed by atoms with van der Waals surface area (Å²) in [6.07, 6.45) is -3.10. The minimum atomic E-state index is -1.75. The van der Waals surface area contributed by atoms with Crippen molar-refractivity contribution in [1.82, 2.24) is 0 Å². The van der Waals surface area contributed by atoms with Gasteiger partial charge in [0.05, 0.1) is 11.2 Å². The number of ether oxygens (including phenoxy) is 3. The molecule has 0 aromatic carbocycles. The van der Waals surface area contributed by atoms with Crippen LogP contribution >= 0.6 is 0 Å². The van der Waals surface area contributed by atoms with Crippen LogP contribution in [0.15, 0.2) is 22.6 Å². The monoisotopic (exact) mass is 434 g/mol. The van der Waals surface area contributed by atoms with Crippen LogP contribution in [-0.4, -0.2) is 58.0 Å². The Labute approximate surface area is 179 Å². The lowest BCUT2D eigenvalue weighted by Gasteiger charge is -2.30. The second-order valence-corrected chi connectivity index (χ2v) is 8.97. The van der Waals surface area contributed by atoms with E-state index in [0.29, 0.717) is 12.0 Å². The van der Waals surface area contributed by atoms with Crippen LogP contribution < -0.4 is 0 Å². The van der Waals surface area contributed by atoms with Crippen LogP contribution in [0, 0.1) is 5.92 Å². The van der Waals surface area contributed by atoms with Gasteiger partial charge in [0, 0.05) is 19.8 Å². The topological polar surface area (TPSA) is 136 Å². The molecule has 1 aromatic rings. The maximum atomic E-state index is 12.8. The fourth-order valence-corrected chi connectivity index (χ4v) is 4.66. The predicted octanol–water partition coefficient (Wildman–Crippen LogP) is 1.40. The van der Waals surface area contributed by atoms with Gasteiger partial charge in [0.15, 0.2) is 6.29 Å². The molecule has 0 aliphatic carbocycles. The Balaban J connectivity index is 1.80.